The van der Waals surface area contributed by atoms with Gasteiger partial charge in [0, 0.05) is 12.0 Å². The van der Waals surface area contributed by atoms with E-state index in [0.717, 1.165) is 44.3 Å². The number of rotatable bonds is 8. The van der Waals surface area contributed by atoms with Gasteiger partial charge in [-0.25, -0.2) is 4.79 Å². The molecule has 2 N–H and O–H groups in total. The zero-order chi connectivity index (χ0) is 26.6. The smallest absolute Gasteiger partial charge is 0.330 e. The molecular formula is C29H27FN2O6. The van der Waals surface area contributed by atoms with Crippen molar-refractivity contribution in [3.8, 4) is 28.0 Å². The monoisotopic (exact) mass is 518 g/mol. The van der Waals surface area contributed by atoms with Gasteiger partial charge in [-0.2, -0.15) is 4.39 Å². The van der Waals surface area contributed by atoms with Gasteiger partial charge in [0.15, 0.2) is 0 Å². The molecule has 5 rings (SSSR count). The Balaban J connectivity index is 1.39. The Hall–Kier alpha value is -4.05. The predicted molar refractivity (Wildman–Crippen MR) is 139 cm³/mol. The van der Waals surface area contributed by atoms with E-state index >= 15 is 0 Å². The Bertz CT molecular complexity index is 1520. The Morgan fingerprint density at radius 2 is 1.66 bits per heavy atom. The van der Waals surface area contributed by atoms with Gasteiger partial charge in [0.1, 0.15) is 18.1 Å². The molecule has 1 saturated heterocycles. The number of aromatic nitrogens is 2. The maximum atomic E-state index is 13.7. The van der Waals surface area contributed by atoms with Crippen LogP contribution in [-0.4, -0.2) is 40.6 Å². The van der Waals surface area contributed by atoms with Crippen LogP contribution in [0.3, 0.4) is 0 Å². The number of ether oxygens (including phenoxy) is 3. The van der Waals surface area contributed by atoms with E-state index in [9.17, 15) is 19.1 Å². The van der Waals surface area contributed by atoms with E-state index in [4.69, 9.17) is 14.2 Å². The van der Waals surface area contributed by atoms with Gasteiger partial charge in [-0.3, -0.25) is 14.3 Å². The summed E-state index contributed by atoms with van der Waals surface area (Å²) in [4.78, 5) is 25.3. The number of hydrogen-bond donors (Lipinski definition) is 2. The summed E-state index contributed by atoms with van der Waals surface area (Å²) in [6, 6.07) is 23.8. The molecule has 0 bridgehead atoms. The molecule has 1 aliphatic rings. The SMILES string of the molecule is COc1ccc(COC[C@H]2O[C@@H](n3cc(F)c(=O)[nH]c3=O)C[C@@H]2O)c(-c2ccccc2)c1-c1ccccc1. The number of benzene rings is 3. The van der Waals surface area contributed by atoms with Crippen molar-refractivity contribution >= 4 is 0 Å². The first-order valence-electron chi connectivity index (χ1n) is 12.2. The Labute approximate surface area is 217 Å². The standard InChI is InChI=1S/C29H27FN2O6/c1-36-23-13-12-20(26(18-8-4-2-5-9-18)27(23)19-10-6-3-7-11-19)16-37-17-24-22(33)14-25(38-24)32-15-21(30)28(34)31-29(32)35/h2-13,15,22,24-25,33H,14,16-17H2,1H3,(H,31,34,35)/t22-,24+,25+/m0/s1. The van der Waals surface area contributed by atoms with Gasteiger partial charge in [-0.05, 0) is 28.3 Å². The third-order valence-electron chi connectivity index (χ3n) is 6.58. The van der Waals surface area contributed by atoms with E-state index in [1.54, 1.807) is 7.11 Å². The molecule has 0 radical (unpaired) electrons. The van der Waals surface area contributed by atoms with Gasteiger partial charge in [0.05, 0.1) is 32.6 Å². The van der Waals surface area contributed by atoms with Gasteiger partial charge in [0.2, 0.25) is 5.82 Å². The molecule has 1 aromatic heterocycles. The van der Waals surface area contributed by atoms with E-state index in [2.05, 4.69) is 0 Å². The van der Waals surface area contributed by atoms with E-state index < -0.39 is 35.5 Å². The lowest BCUT2D eigenvalue weighted by molar-refractivity contribution is -0.0669. The molecule has 0 amide bonds. The van der Waals surface area contributed by atoms with Crippen LogP contribution < -0.4 is 16.0 Å². The summed E-state index contributed by atoms with van der Waals surface area (Å²) in [7, 11) is 1.64. The molecule has 38 heavy (non-hydrogen) atoms. The molecule has 0 saturated carbocycles. The summed E-state index contributed by atoms with van der Waals surface area (Å²) in [6.07, 6.45) is -1.77. The quantitative estimate of drug-likeness (QED) is 0.367. The van der Waals surface area contributed by atoms with Crippen LogP contribution in [0.2, 0.25) is 0 Å². The van der Waals surface area contributed by atoms with Crippen LogP contribution in [-0.2, 0) is 16.1 Å². The summed E-state index contributed by atoms with van der Waals surface area (Å²) in [5.41, 5.74) is 2.91. The van der Waals surface area contributed by atoms with Crippen molar-refractivity contribution in [3.05, 3.63) is 111 Å². The molecule has 196 valence electrons. The van der Waals surface area contributed by atoms with Gasteiger partial charge < -0.3 is 19.3 Å². The highest BCUT2D eigenvalue weighted by molar-refractivity contribution is 5.89. The lowest BCUT2D eigenvalue weighted by Gasteiger charge is -2.20. The molecule has 8 nitrogen and oxygen atoms in total. The van der Waals surface area contributed by atoms with Gasteiger partial charge in [-0.1, -0.05) is 66.7 Å². The molecule has 3 aromatic carbocycles. The first-order valence-corrected chi connectivity index (χ1v) is 12.2. The lowest BCUT2D eigenvalue weighted by atomic mass is 9.90. The second-order valence-corrected chi connectivity index (χ2v) is 9.00. The first-order chi connectivity index (χ1) is 18.5. The summed E-state index contributed by atoms with van der Waals surface area (Å²) in [5.74, 6) is -0.376. The highest BCUT2D eigenvalue weighted by Crippen LogP contribution is 2.42. The number of aliphatic hydroxyl groups excluding tert-OH is 1. The molecular weight excluding hydrogens is 491 g/mol. The molecule has 0 aliphatic carbocycles. The summed E-state index contributed by atoms with van der Waals surface area (Å²) >= 11 is 0. The lowest BCUT2D eigenvalue weighted by Crippen LogP contribution is -2.34. The summed E-state index contributed by atoms with van der Waals surface area (Å²) < 4.78 is 32.2. The van der Waals surface area contributed by atoms with Crippen LogP contribution in [0.4, 0.5) is 4.39 Å². The van der Waals surface area contributed by atoms with E-state index in [1.165, 1.54) is 0 Å². The van der Waals surface area contributed by atoms with Crippen molar-refractivity contribution < 1.29 is 23.7 Å². The van der Waals surface area contributed by atoms with Gasteiger partial charge >= 0.3 is 5.69 Å². The Kier molecular flexibility index (Phi) is 7.50. The Morgan fingerprint density at radius 1 is 1.00 bits per heavy atom. The third-order valence-corrected chi connectivity index (χ3v) is 6.58. The van der Waals surface area contributed by atoms with E-state index in [0.29, 0.717) is 0 Å². The molecule has 1 fully saturated rings. The average molecular weight is 519 g/mol. The van der Waals surface area contributed by atoms with Crippen molar-refractivity contribution in [3.63, 3.8) is 0 Å². The number of nitrogens with one attached hydrogen (secondary N) is 1. The zero-order valence-electron chi connectivity index (χ0n) is 20.7. The third kappa shape index (κ3) is 5.17. The normalized spacial score (nSPS) is 19.0. The molecule has 2 heterocycles. The highest BCUT2D eigenvalue weighted by atomic mass is 19.1. The minimum atomic E-state index is -1.11. The van der Waals surface area contributed by atoms with Gasteiger partial charge in [0.25, 0.3) is 5.56 Å². The summed E-state index contributed by atoms with van der Waals surface area (Å²) in [5, 5.41) is 10.5. The zero-order valence-corrected chi connectivity index (χ0v) is 20.7. The molecule has 0 unspecified atom stereocenters. The van der Waals surface area contributed by atoms with Crippen LogP contribution in [0.15, 0.2) is 88.6 Å². The van der Waals surface area contributed by atoms with Crippen LogP contribution in [0.5, 0.6) is 5.75 Å². The highest BCUT2D eigenvalue weighted by Gasteiger charge is 2.36. The second kappa shape index (κ2) is 11.1. The number of halogens is 1. The second-order valence-electron chi connectivity index (χ2n) is 9.00. The first kappa shape index (κ1) is 25.6. The summed E-state index contributed by atoms with van der Waals surface area (Å²) in [6.45, 7) is 0.262. The fourth-order valence-corrected chi connectivity index (χ4v) is 4.74. The minimum absolute atomic E-state index is 0.0409. The van der Waals surface area contributed by atoms with Crippen LogP contribution >= 0.6 is 0 Å². The van der Waals surface area contributed by atoms with Crippen LogP contribution in [0, 0.1) is 5.82 Å². The van der Waals surface area contributed by atoms with E-state index in [-0.39, 0.29) is 19.6 Å². The molecule has 9 heteroatoms. The van der Waals surface area contributed by atoms with Crippen molar-refractivity contribution in [1.29, 1.82) is 0 Å². The Morgan fingerprint density at radius 3 is 2.32 bits per heavy atom. The van der Waals surface area contributed by atoms with Crippen molar-refractivity contribution in [1.82, 2.24) is 9.55 Å². The van der Waals surface area contributed by atoms with E-state index in [1.807, 2.05) is 77.8 Å². The average Bonchev–Trinajstić information content (AvgIpc) is 3.31. The number of nitrogens with zero attached hydrogens (tertiary/aromatic N) is 1. The number of aromatic amines is 1. The molecule has 0 spiro atoms. The molecule has 1 aliphatic heterocycles. The van der Waals surface area contributed by atoms with Crippen LogP contribution in [0.1, 0.15) is 18.2 Å². The maximum Gasteiger partial charge on any atom is 0.330 e. The predicted octanol–water partition coefficient (Wildman–Crippen LogP) is 3.88. The molecule has 4 aromatic rings. The maximum absolute atomic E-state index is 13.7. The fraction of sp³-hybridized carbons (Fsp3) is 0.241. The number of hydrogen-bond acceptors (Lipinski definition) is 6. The minimum Gasteiger partial charge on any atom is -0.496 e. The van der Waals surface area contributed by atoms with Gasteiger partial charge in [-0.15, -0.1) is 0 Å². The van der Waals surface area contributed by atoms with Crippen molar-refractivity contribution in [2.45, 2.75) is 31.5 Å². The van der Waals surface area contributed by atoms with Crippen LogP contribution in [0.25, 0.3) is 22.3 Å². The number of methoxy groups -OCH3 is 1. The largest absolute Gasteiger partial charge is 0.496 e. The van der Waals surface area contributed by atoms with Crippen molar-refractivity contribution in [2.24, 2.45) is 0 Å². The fourth-order valence-electron chi connectivity index (χ4n) is 4.74. The number of aliphatic hydroxyl groups is 1. The van der Waals surface area contributed by atoms with Crippen molar-refractivity contribution in [2.75, 3.05) is 13.7 Å². The topological polar surface area (TPSA) is 103 Å². The molecule has 3 atom stereocenters. The number of H-pyrrole nitrogens is 1.